The van der Waals surface area contributed by atoms with E-state index >= 15 is 0 Å². The Hall–Kier alpha value is 0.170. The van der Waals surface area contributed by atoms with Crippen LogP contribution in [-0.4, -0.2) is 34.4 Å². The van der Waals surface area contributed by atoms with Crippen molar-refractivity contribution in [2.75, 3.05) is 18.1 Å². The van der Waals surface area contributed by atoms with Crippen LogP contribution in [0.2, 0.25) is 0 Å². The highest BCUT2D eigenvalue weighted by atomic mass is 33.1. The van der Waals surface area contributed by atoms with Gasteiger partial charge in [-0.05, 0) is 32.1 Å². The minimum atomic E-state index is 0.350. The minimum absolute atomic E-state index is 0.350. The first-order valence-corrected chi connectivity index (χ1v) is 8.82. The molecule has 0 aromatic rings. The van der Waals surface area contributed by atoms with Crippen molar-refractivity contribution in [1.29, 1.82) is 0 Å². The Morgan fingerprint density at radius 3 is 2.81 bits per heavy atom. The molecule has 2 nitrogen and oxygen atoms in total. The zero-order chi connectivity index (χ0) is 11.4. The Balaban J connectivity index is 1.64. The van der Waals surface area contributed by atoms with E-state index in [1.165, 1.54) is 25.7 Å². The lowest BCUT2D eigenvalue weighted by Crippen LogP contribution is -2.36. The van der Waals surface area contributed by atoms with Crippen LogP contribution in [0.4, 0.5) is 0 Å². The zero-order valence-corrected chi connectivity index (χ0v) is 11.7. The largest absolute Gasteiger partial charge is 0.337 e. The van der Waals surface area contributed by atoms with Crippen LogP contribution >= 0.6 is 21.6 Å². The maximum atomic E-state index is 12.0. The molecule has 1 saturated carbocycles. The number of carbonyl (C=O) groups is 1. The fourth-order valence-electron chi connectivity index (χ4n) is 2.55. The van der Waals surface area contributed by atoms with Gasteiger partial charge in [-0.15, -0.1) is 0 Å². The summed E-state index contributed by atoms with van der Waals surface area (Å²) in [4.78, 5) is 14.2. The average Bonchev–Trinajstić information content (AvgIpc) is 2.90. The van der Waals surface area contributed by atoms with E-state index in [0.29, 0.717) is 11.4 Å². The average molecular weight is 259 g/mol. The summed E-state index contributed by atoms with van der Waals surface area (Å²) >= 11 is 0. The van der Waals surface area contributed by atoms with Crippen LogP contribution in [0.3, 0.4) is 0 Å². The van der Waals surface area contributed by atoms with Crippen molar-refractivity contribution in [3.8, 4) is 0 Å². The lowest BCUT2D eigenvalue weighted by Gasteiger charge is -2.24. The third kappa shape index (κ3) is 2.89. The van der Waals surface area contributed by atoms with E-state index in [-0.39, 0.29) is 0 Å². The number of rotatable bonds is 6. The van der Waals surface area contributed by atoms with Crippen LogP contribution in [-0.2, 0) is 4.79 Å². The Labute approximate surface area is 106 Å². The van der Waals surface area contributed by atoms with Crippen molar-refractivity contribution in [3.05, 3.63) is 0 Å². The second-order valence-electron chi connectivity index (χ2n) is 4.71. The fourth-order valence-corrected chi connectivity index (χ4v) is 4.31. The summed E-state index contributed by atoms with van der Waals surface area (Å²) in [6.45, 7) is 3.19. The lowest BCUT2D eigenvalue weighted by atomic mass is 10.2. The molecule has 16 heavy (non-hydrogen) atoms. The topological polar surface area (TPSA) is 20.3 Å². The van der Waals surface area contributed by atoms with Gasteiger partial charge in [0, 0.05) is 30.0 Å². The van der Waals surface area contributed by atoms with Crippen molar-refractivity contribution in [2.45, 2.75) is 51.0 Å². The number of hydrogen-bond donors (Lipinski definition) is 0. The molecule has 2 rings (SSSR count). The van der Waals surface area contributed by atoms with Crippen LogP contribution in [0.15, 0.2) is 0 Å². The maximum absolute atomic E-state index is 12.0. The van der Waals surface area contributed by atoms with E-state index in [9.17, 15) is 4.79 Å². The van der Waals surface area contributed by atoms with Gasteiger partial charge in [0.05, 0.1) is 0 Å². The summed E-state index contributed by atoms with van der Waals surface area (Å²) in [5.74, 6) is 2.69. The Morgan fingerprint density at radius 1 is 1.31 bits per heavy atom. The van der Waals surface area contributed by atoms with Gasteiger partial charge in [0.15, 0.2) is 0 Å². The van der Waals surface area contributed by atoms with Crippen LogP contribution in [0, 0.1) is 0 Å². The smallest absolute Gasteiger partial charge is 0.223 e. The second kappa shape index (κ2) is 5.67. The molecule has 0 aromatic heterocycles. The highest BCUT2D eigenvalue weighted by Gasteiger charge is 2.52. The minimum Gasteiger partial charge on any atom is -0.337 e. The molecule has 1 aliphatic carbocycles. The van der Waals surface area contributed by atoms with Gasteiger partial charge in [0.1, 0.15) is 0 Å². The molecule has 0 bridgehead atoms. The van der Waals surface area contributed by atoms with Gasteiger partial charge < -0.3 is 4.90 Å². The maximum Gasteiger partial charge on any atom is 0.223 e. The number of hydrogen-bond acceptors (Lipinski definition) is 3. The molecule has 1 amide bonds. The molecule has 1 spiro atoms. The fraction of sp³-hybridized carbons (Fsp3) is 0.917. The van der Waals surface area contributed by atoms with Crippen molar-refractivity contribution in [2.24, 2.45) is 0 Å². The normalized spacial score (nSPS) is 21.7. The van der Waals surface area contributed by atoms with Gasteiger partial charge in [-0.25, -0.2) is 0 Å². The van der Waals surface area contributed by atoms with Gasteiger partial charge in [0.2, 0.25) is 5.91 Å². The predicted octanol–water partition coefficient (Wildman–Crippen LogP) is 3.32. The molecule has 1 aliphatic heterocycles. The molecule has 0 unspecified atom stereocenters. The molecule has 4 heteroatoms. The molecule has 0 radical (unpaired) electrons. The summed E-state index contributed by atoms with van der Waals surface area (Å²) in [6.07, 6.45) is 6.83. The first-order valence-electron chi connectivity index (χ1n) is 6.33. The van der Waals surface area contributed by atoms with Crippen molar-refractivity contribution in [1.82, 2.24) is 4.90 Å². The van der Waals surface area contributed by atoms with E-state index in [2.05, 4.69) is 11.8 Å². The number of carbonyl (C=O) groups excluding carboxylic acids is 1. The summed E-state index contributed by atoms with van der Waals surface area (Å²) in [5, 5.41) is 0. The SMILES string of the molecule is CCSSCCCC(=O)N1CCCC12CC2. The first-order chi connectivity index (χ1) is 7.78. The van der Waals surface area contributed by atoms with Gasteiger partial charge in [0.25, 0.3) is 0 Å². The lowest BCUT2D eigenvalue weighted by molar-refractivity contribution is -0.132. The van der Waals surface area contributed by atoms with E-state index in [1.807, 2.05) is 21.6 Å². The quantitative estimate of drug-likeness (QED) is 0.539. The van der Waals surface area contributed by atoms with E-state index in [1.54, 1.807) is 0 Å². The Kier molecular flexibility index (Phi) is 4.48. The van der Waals surface area contributed by atoms with Gasteiger partial charge in [-0.2, -0.15) is 0 Å². The molecular formula is C12H21NOS2. The summed E-state index contributed by atoms with van der Waals surface area (Å²) in [6, 6.07) is 0. The summed E-state index contributed by atoms with van der Waals surface area (Å²) < 4.78 is 0. The van der Waals surface area contributed by atoms with E-state index in [4.69, 9.17) is 0 Å². The number of amides is 1. The molecule has 2 aliphatic rings. The molecule has 2 fully saturated rings. The van der Waals surface area contributed by atoms with Gasteiger partial charge >= 0.3 is 0 Å². The third-order valence-corrected chi connectivity index (χ3v) is 6.11. The highest BCUT2D eigenvalue weighted by Crippen LogP contribution is 2.49. The number of nitrogens with zero attached hydrogens (tertiary/aromatic N) is 1. The second-order valence-corrected chi connectivity index (χ2v) is 7.58. The Morgan fingerprint density at radius 2 is 2.12 bits per heavy atom. The van der Waals surface area contributed by atoms with E-state index in [0.717, 1.165) is 30.9 Å². The molecule has 0 atom stereocenters. The zero-order valence-electron chi connectivity index (χ0n) is 10.0. The predicted molar refractivity (Wildman–Crippen MR) is 72.7 cm³/mol. The van der Waals surface area contributed by atoms with Crippen LogP contribution in [0.25, 0.3) is 0 Å². The van der Waals surface area contributed by atoms with Gasteiger partial charge in [-0.3, -0.25) is 4.79 Å². The first kappa shape index (κ1) is 12.6. The standard InChI is InChI=1S/C12H21NOS2/c1-2-15-16-10-3-5-11(14)13-9-4-6-12(13)7-8-12/h2-10H2,1H3. The summed E-state index contributed by atoms with van der Waals surface area (Å²) in [5.41, 5.74) is 0.350. The molecule has 0 aromatic carbocycles. The molecule has 1 saturated heterocycles. The molecule has 0 N–H and O–H groups in total. The van der Waals surface area contributed by atoms with Crippen LogP contribution < -0.4 is 0 Å². The molecular weight excluding hydrogens is 238 g/mol. The number of likely N-dealkylation sites (tertiary alicyclic amines) is 1. The van der Waals surface area contributed by atoms with Gasteiger partial charge in [-0.1, -0.05) is 28.5 Å². The van der Waals surface area contributed by atoms with Crippen molar-refractivity contribution < 1.29 is 4.79 Å². The monoisotopic (exact) mass is 259 g/mol. The third-order valence-electron chi connectivity index (χ3n) is 3.54. The van der Waals surface area contributed by atoms with Crippen molar-refractivity contribution >= 4 is 27.5 Å². The van der Waals surface area contributed by atoms with Crippen LogP contribution in [0.1, 0.15) is 45.4 Å². The highest BCUT2D eigenvalue weighted by molar-refractivity contribution is 8.76. The van der Waals surface area contributed by atoms with Crippen molar-refractivity contribution in [3.63, 3.8) is 0 Å². The van der Waals surface area contributed by atoms with E-state index < -0.39 is 0 Å². The Bertz CT molecular complexity index is 253. The van der Waals surface area contributed by atoms with Crippen LogP contribution in [0.5, 0.6) is 0 Å². The summed E-state index contributed by atoms with van der Waals surface area (Å²) in [7, 11) is 3.80. The molecule has 1 heterocycles. The molecule has 92 valence electrons.